The summed E-state index contributed by atoms with van der Waals surface area (Å²) in [6.45, 7) is 3.16. The first-order valence-electron chi connectivity index (χ1n) is 6.58. The summed E-state index contributed by atoms with van der Waals surface area (Å²) in [5.74, 6) is 0.0855. The van der Waals surface area contributed by atoms with Crippen molar-refractivity contribution in [2.45, 2.75) is 26.2 Å². The summed E-state index contributed by atoms with van der Waals surface area (Å²) in [4.78, 5) is 13.8. The van der Waals surface area contributed by atoms with Gasteiger partial charge in [0.05, 0.1) is 5.84 Å². The lowest BCUT2D eigenvalue weighted by Gasteiger charge is -2.23. The zero-order valence-electron chi connectivity index (χ0n) is 11.4. The highest BCUT2D eigenvalue weighted by Crippen LogP contribution is 2.13. The van der Waals surface area contributed by atoms with Gasteiger partial charge in [0.1, 0.15) is 0 Å². The summed E-state index contributed by atoms with van der Waals surface area (Å²) in [7, 11) is 0. The normalized spacial score (nSPS) is 9.95. The van der Waals surface area contributed by atoms with Crippen molar-refractivity contribution in [2.75, 3.05) is 18.0 Å². The number of rotatable bonds is 7. The molecule has 0 aliphatic rings. The van der Waals surface area contributed by atoms with E-state index in [9.17, 15) is 4.79 Å². The molecule has 19 heavy (non-hydrogen) atoms. The highest BCUT2D eigenvalue weighted by molar-refractivity contribution is 5.92. The van der Waals surface area contributed by atoms with Gasteiger partial charge in [-0.1, -0.05) is 31.5 Å². The summed E-state index contributed by atoms with van der Waals surface area (Å²) in [6, 6.07) is 9.28. The molecule has 1 aromatic carbocycles. The fourth-order valence-electron chi connectivity index (χ4n) is 1.66. The molecule has 0 saturated heterocycles. The van der Waals surface area contributed by atoms with Gasteiger partial charge in [-0.3, -0.25) is 10.3 Å². The number of nitrogens with zero attached hydrogens (tertiary/aromatic N) is 1. The number of carbonyl (C=O) groups is 1. The Labute approximate surface area is 114 Å². The Kier molecular flexibility index (Phi) is 6.43. The average Bonchev–Trinajstić information content (AvgIpc) is 2.40. The first kappa shape index (κ1) is 15.0. The number of amidine groups is 1. The maximum atomic E-state index is 12.1. The van der Waals surface area contributed by atoms with E-state index in [1.54, 1.807) is 4.90 Å². The Morgan fingerprint density at radius 1 is 1.37 bits per heavy atom. The van der Waals surface area contributed by atoms with Gasteiger partial charge in [0.25, 0.3) is 0 Å². The maximum Gasteiger partial charge on any atom is 0.321 e. The van der Waals surface area contributed by atoms with Crippen molar-refractivity contribution < 1.29 is 4.79 Å². The SMILES string of the molecule is CCCCNC(=O)N(CCC(=N)N)c1ccccc1. The van der Waals surface area contributed by atoms with Crippen LogP contribution in [-0.2, 0) is 0 Å². The van der Waals surface area contributed by atoms with E-state index in [1.165, 1.54) is 0 Å². The predicted molar refractivity (Wildman–Crippen MR) is 78.6 cm³/mol. The highest BCUT2D eigenvalue weighted by atomic mass is 16.2. The minimum atomic E-state index is -0.138. The van der Waals surface area contributed by atoms with Gasteiger partial charge in [-0.2, -0.15) is 0 Å². The third-order valence-electron chi connectivity index (χ3n) is 2.72. The molecular formula is C14H22N4O. The molecule has 0 saturated carbocycles. The Morgan fingerprint density at radius 2 is 2.05 bits per heavy atom. The standard InChI is InChI=1S/C14H22N4O/c1-2-3-10-17-14(19)18(11-9-13(15)16)12-7-5-4-6-8-12/h4-8H,2-3,9-11H2,1H3,(H3,15,16)(H,17,19). The van der Waals surface area contributed by atoms with Crippen LogP contribution in [0.5, 0.6) is 0 Å². The van der Waals surface area contributed by atoms with E-state index >= 15 is 0 Å². The van der Waals surface area contributed by atoms with Crippen LogP contribution in [0.25, 0.3) is 0 Å². The quantitative estimate of drug-likeness (QED) is 0.400. The van der Waals surface area contributed by atoms with Crippen LogP contribution in [0, 0.1) is 5.41 Å². The van der Waals surface area contributed by atoms with Gasteiger partial charge in [0.15, 0.2) is 0 Å². The van der Waals surface area contributed by atoms with Crippen molar-refractivity contribution in [3.63, 3.8) is 0 Å². The van der Waals surface area contributed by atoms with Crippen molar-refractivity contribution in [2.24, 2.45) is 5.73 Å². The van der Waals surface area contributed by atoms with E-state index in [0.29, 0.717) is 19.5 Å². The molecule has 0 aromatic heterocycles. The molecule has 5 heteroatoms. The van der Waals surface area contributed by atoms with E-state index in [4.69, 9.17) is 11.1 Å². The number of amides is 2. The minimum absolute atomic E-state index is 0.0855. The third kappa shape index (κ3) is 5.42. The van der Waals surface area contributed by atoms with Crippen LogP contribution in [0.1, 0.15) is 26.2 Å². The zero-order valence-corrected chi connectivity index (χ0v) is 11.4. The van der Waals surface area contributed by atoms with Crippen LogP contribution in [-0.4, -0.2) is 25.0 Å². The highest BCUT2D eigenvalue weighted by Gasteiger charge is 2.14. The third-order valence-corrected chi connectivity index (χ3v) is 2.72. The van der Waals surface area contributed by atoms with E-state index in [-0.39, 0.29) is 11.9 Å². The molecule has 2 amide bonds. The first-order valence-corrected chi connectivity index (χ1v) is 6.58. The smallest absolute Gasteiger partial charge is 0.321 e. The van der Waals surface area contributed by atoms with Gasteiger partial charge in [-0.25, -0.2) is 4.79 Å². The Hall–Kier alpha value is -2.04. The number of benzene rings is 1. The minimum Gasteiger partial charge on any atom is -0.388 e. The van der Waals surface area contributed by atoms with E-state index in [2.05, 4.69) is 12.2 Å². The number of hydrogen-bond donors (Lipinski definition) is 3. The largest absolute Gasteiger partial charge is 0.388 e. The second-order valence-corrected chi connectivity index (χ2v) is 4.35. The first-order chi connectivity index (χ1) is 9.15. The zero-order chi connectivity index (χ0) is 14.1. The summed E-state index contributed by atoms with van der Waals surface area (Å²) in [5, 5.41) is 10.2. The summed E-state index contributed by atoms with van der Waals surface area (Å²) in [6.07, 6.45) is 2.37. The fourth-order valence-corrected chi connectivity index (χ4v) is 1.66. The molecule has 0 unspecified atom stereocenters. The molecule has 1 rings (SSSR count). The average molecular weight is 262 g/mol. The lowest BCUT2D eigenvalue weighted by molar-refractivity contribution is 0.246. The molecule has 0 aliphatic heterocycles. The van der Waals surface area contributed by atoms with Gasteiger partial charge in [-0.15, -0.1) is 0 Å². The summed E-state index contributed by atoms with van der Waals surface area (Å²) >= 11 is 0. The van der Waals surface area contributed by atoms with Crippen molar-refractivity contribution >= 4 is 17.6 Å². The monoisotopic (exact) mass is 262 g/mol. The van der Waals surface area contributed by atoms with Gasteiger partial charge < -0.3 is 11.1 Å². The second kappa shape index (κ2) is 8.13. The van der Waals surface area contributed by atoms with Crippen molar-refractivity contribution in [3.05, 3.63) is 30.3 Å². The second-order valence-electron chi connectivity index (χ2n) is 4.35. The number of hydrogen-bond acceptors (Lipinski definition) is 2. The predicted octanol–water partition coefficient (Wildman–Crippen LogP) is 2.33. The van der Waals surface area contributed by atoms with Gasteiger partial charge in [-0.05, 0) is 18.6 Å². The van der Waals surface area contributed by atoms with E-state index in [1.807, 2.05) is 30.3 Å². The van der Waals surface area contributed by atoms with Crippen LogP contribution < -0.4 is 16.0 Å². The topological polar surface area (TPSA) is 82.2 Å². The van der Waals surface area contributed by atoms with Crippen molar-refractivity contribution in [3.8, 4) is 0 Å². The molecule has 0 aliphatic carbocycles. The molecule has 0 bridgehead atoms. The van der Waals surface area contributed by atoms with E-state index in [0.717, 1.165) is 18.5 Å². The molecule has 1 aromatic rings. The van der Waals surface area contributed by atoms with Crippen LogP contribution in [0.15, 0.2) is 30.3 Å². The van der Waals surface area contributed by atoms with Gasteiger partial charge in [0, 0.05) is 25.2 Å². The summed E-state index contributed by atoms with van der Waals surface area (Å²) < 4.78 is 0. The van der Waals surface area contributed by atoms with Crippen LogP contribution in [0.4, 0.5) is 10.5 Å². The molecule has 0 fully saturated rings. The van der Waals surface area contributed by atoms with Gasteiger partial charge in [0.2, 0.25) is 0 Å². The number of carbonyl (C=O) groups excluding carboxylic acids is 1. The Balaban J connectivity index is 2.69. The van der Waals surface area contributed by atoms with Crippen molar-refractivity contribution in [1.82, 2.24) is 5.32 Å². The number of anilines is 1. The fraction of sp³-hybridized carbons (Fsp3) is 0.429. The van der Waals surface area contributed by atoms with Crippen LogP contribution >= 0.6 is 0 Å². The van der Waals surface area contributed by atoms with Crippen LogP contribution in [0.2, 0.25) is 0 Å². The lowest BCUT2D eigenvalue weighted by atomic mass is 10.2. The summed E-state index contributed by atoms with van der Waals surface area (Å²) in [5.41, 5.74) is 6.18. The van der Waals surface area contributed by atoms with Crippen LogP contribution in [0.3, 0.4) is 0 Å². The van der Waals surface area contributed by atoms with Gasteiger partial charge >= 0.3 is 6.03 Å². The molecule has 104 valence electrons. The van der Waals surface area contributed by atoms with Crippen molar-refractivity contribution in [1.29, 1.82) is 5.41 Å². The number of para-hydroxylation sites is 1. The molecule has 0 spiro atoms. The number of urea groups is 1. The Bertz CT molecular complexity index is 405. The number of nitrogens with two attached hydrogens (primary N) is 1. The Morgan fingerprint density at radius 3 is 2.63 bits per heavy atom. The maximum absolute atomic E-state index is 12.1. The molecule has 0 radical (unpaired) electrons. The molecule has 5 nitrogen and oxygen atoms in total. The molecule has 0 heterocycles. The molecule has 4 N–H and O–H groups in total. The lowest BCUT2D eigenvalue weighted by Crippen LogP contribution is -2.42. The number of nitrogens with one attached hydrogen (secondary N) is 2. The molecular weight excluding hydrogens is 240 g/mol. The number of unbranched alkanes of at least 4 members (excludes halogenated alkanes) is 1. The van der Waals surface area contributed by atoms with E-state index < -0.39 is 0 Å². The molecule has 0 atom stereocenters.